The van der Waals surface area contributed by atoms with Gasteiger partial charge in [0.1, 0.15) is 0 Å². The second kappa shape index (κ2) is 4.32. The minimum absolute atomic E-state index is 0.551. The Bertz CT molecular complexity index is 366. The van der Waals surface area contributed by atoms with Crippen molar-refractivity contribution in [3.8, 4) is 0 Å². The SMILES string of the molecule is CCNC(c1ccc(Cl)s1)C1CC2CC2C1. The molecule has 2 saturated carbocycles. The number of thiophene rings is 1. The van der Waals surface area contributed by atoms with Crippen molar-refractivity contribution in [1.82, 2.24) is 5.32 Å². The number of hydrogen-bond donors (Lipinski definition) is 1. The van der Waals surface area contributed by atoms with E-state index in [-0.39, 0.29) is 0 Å². The third-order valence-corrected chi connectivity index (χ3v) is 5.39. The summed E-state index contributed by atoms with van der Waals surface area (Å²) in [5.74, 6) is 2.96. The number of hydrogen-bond acceptors (Lipinski definition) is 2. The summed E-state index contributed by atoms with van der Waals surface area (Å²) in [6, 6.07) is 4.78. The summed E-state index contributed by atoms with van der Waals surface area (Å²) in [6.45, 7) is 3.24. The van der Waals surface area contributed by atoms with Crippen LogP contribution < -0.4 is 5.32 Å². The van der Waals surface area contributed by atoms with Crippen LogP contribution in [0.5, 0.6) is 0 Å². The Kier molecular flexibility index (Phi) is 2.99. The van der Waals surface area contributed by atoms with Gasteiger partial charge in [-0.25, -0.2) is 0 Å². The van der Waals surface area contributed by atoms with Crippen LogP contribution in [0.1, 0.15) is 37.1 Å². The van der Waals surface area contributed by atoms with Crippen LogP contribution in [-0.4, -0.2) is 6.54 Å². The minimum atomic E-state index is 0.551. The summed E-state index contributed by atoms with van der Waals surface area (Å²) < 4.78 is 0.918. The van der Waals surface area contributed by atoms with Crippen molar-refractivity contribution in [1.29, 1.82) is 0 Å². The standard InChI is InChI=1S/C13H18ClNS/c1-2-15-13(11-3-4-12(14)16-11)10-6-8-5-9(8)7-10/h3-4,8-10,13,15H,2,5-7H2,1H3. The summed E-state index contributed by atoms with van der Waals surface area (Å²) in [5, 5.41) is 3.65. The quantitative estimate of drug-likeness (QED) is 0.854. The summed E-state index contributed by atoms with van der Waals surface area (Å²) in [7, 11) is 0. The summed E-state index contributed by atoms with van der Waals surface area (Å²) in [5.41, 5.74) is 0. The maximum absolute atomic E-state index is 6.04. The molecule has 3 heteroatoms. The molecule has 0 aromatic carbocycles. The molecule has 3 unspecified atom stereocenters. The van der Waals surface area contributed by atoms with E-state index in [1.165, 1.54) is 24.1 Å². The van der Waals surface area contributed by atoms with E-state index in [9.17, 15) is 0 Å². The number of nitrogens with one attached hydrogen (secondary N) is 1. The first-order valence-corrected chi connectivity index (χ1v) is 7.46. The van der Waals surface area contributed by atoms with Crippen molar-refractivity contribution >= 4 is 22.9 Å². The van der Waals surface area contributed by atoms with Crippen molar-refractivity contribution in [2.24, 2.45) is 17.8 Å². The van der Waals surface area contributed by atoms with Crippen LogP contribution in [0.2, 0.25) is 4.34 Å². The predicted octanol–water partition coefficient (Wildman–Crippen LogP) is 4.10. The van der Waals surface area contributed by atoms with Crippen molar-refractivity contribution in [3.63, 3.8) is 0 Å². The Morgan fingerprint density at radius 3 is 2.69 bits per heavy atom. The summed E-state index contributed by atoms with van der Waals surface area (Å²) in [4.78, 5) is 1.43. The molecule has 1 aromatic rings. The van der Waals surface area contributed by atoms with E-state index in [1.807, 2.05) is 6.07 Å². The average Bonchev–Trinajstić information content (AvgIpc) is 2.71. The normalized spacial score (nSPS) is 33.8. The Labute approximate surface area is 106 Å². The molecule has 0 amide bonds. The second-order valence-corrected chi connectivity index (χ2v) is 6.91. The highest BCUT2D eigenvalue weighted by Crippen LogP contribution is 2.57. The molecule has 2 fully saturated rings. The first-order chi connectivity index (χ1) is 7.78. The van der Waals surface area contributed by atoms with Crippen LogP contribution in [0.15, 0.2) is 12.1 Å². The fraction of sp³-hybridized carbons (Fsp3) is 0.692. The van der Waals surface area contributed by atoms with Gasteiger partial charge < -0.3 is 5.32 Å². The van der Waals surface area contributed by atoms with Gasteiger partial charge in [0.15, 0.2) is 0 Å². The smallest absolute Gasteiger partial charge is 0.0931 e. The fourth-order valence-electron chi connectivity index (χ4n) is 3.25. The molecule has 2 aliphatic rings. The van der Waals surface area contributed by atoms with Crippen molar-refractivity contribution in [2.45, 2.75) is 32.2 Å². The van der Waals surface area contributed by atoms with Crippen LogP contribution in [0, 0.1) is 17.8 Å². The van der Waals surface area contributed by atoms with Crippen LogP contribution in [-0.2, 0) is 0 Å². The molecule has 16 heavy (non-hydrogen) atoms. The van der Waals surface area contributed by atoms with E-state index in [2.05, 4.69) is 18.3 Å². The lowest BCUT2D eigenvalue weighted by atomic mass is 9.93. The highest BCUT2D eigenvalue weighted by Gasteiger charge is 2.48. The van der Waals surface area contributed by atoms with E-state index in [1.54, 1.807) is 11.3 Å². The molecule has 1 nitrogen and oxygen atoms in total. The highest BCUT2D eigenvalue weighted by molar-refractivity contribution is 7.16. The van der Waals surface area contributed by atoms with Gasteiger partial charge in [-0.05, 0) is 55.7 Å². The van der Waals surface area contributed by atoms with E-state index < -0.39 is 0 Å². The first-order valence-electron chi connectivity index (χ1n) is 6.26. The molecule has 3 atom stereocenters. The zero-order valence-electron chi connectivity index (χ0n) is 9.58. The van der Waals surface area contributed by atoms with Crippen LogP contribution in [0.3, 0.4) is 0 Å². The molecule has 0 bridgehead atoms. The van der Waals surface area contributed by atoms with Gasteiger partial charge in [-0.1, -0.05) is 18.5 Å². The lowest BCUT2D eigenvalue weighted by molar-refractivity contribution is 0.351. The molecule has 0 spiro atoms. The van der Waals surface area contributed by atoms with Crippen molar-refractivity contribution in [3.05, 3.63) is 21.3 Å². The summed E-state index contributed by atoms with van der Waals surface area (Å²) >= 11 is 7.78. The predicted molar refractivity (Wildman–Crippen MR) is 70.1 cm³/mol. The van der Waals surface area contributed by atoms with Gasteiger partial charge in [0.2, 0.25) is 0 Å². The molecule has 1 aromatic heterocycles. The Morgan fingerprint density at radius 1 is 1.38 bits per heavy atom. The molecule has 88 valence electrons. The third kappa shape index (κ3) is 2.03. The topological polar surface area (TPSA) is 12.0 Å². The zero-order chi connectivity index (χ0) is 11.1. The Balaban J connectivity index is 1.75. The van der Waals surface area contributed by atoms with Gasteiger partial charge in [-0.3, -0.25) is 0 Å². The van der Waals surface area contributed by atoms with Crippen molar-refractivity contribution in [2.75, 3.05) is 6.54 Å². The average molecular weight is 256 g/mol. The molecule has 3 rings (SSSR count). The second-order valence-electron chi connectivity index (χ2n) is 5.16. The molecule has 0 saturated heterocycles. The maximum Gasteiger partial charge on any atom is 0.0931 e. The Hall–Kier alpha value is -0.0500. The molecule has 0 radical (unpaired) electrons. The van der Waals surface area contributed by atoms with Gasteiger partial charge in [0, 0.05) is 10.9 Å². The van der Waals surface area contributed by atoms with E-state index >= 15 is 0 Å². The highest BCUT2D eigenvalue weighted by atomic mass is 35.5. The molecule has 1 heterocycles. The molecule has 2 aliphatic carbocycles. The van der Waals surface area contributed by atoms with E-state index in [0.29, 0.717) is 6.04 Å². The Morgan fingerprint density at radius 2 is 2.12 bits per heavy atom. The monoisotopic (exact) mass is 255 g/mol. The number of halogens is 1. The van der Waals surface area contributed by atoms with Gasteiger partial charge in [-0.15, -0.1) is 11.3 Å². The minimum Gasteiger partial charge on any atom is -0.309 e. The molecule has 0 aliphatic heterocycles. The van der Waals surface area contributed by atoms with E-state index in [4.69, 9.17) is 11.6 Å². The largest absolute Gasteiger partial charge is 0.309 e. The van der Waals surface area contributed by atoms with Gasteiger partial charge in [0.05, 0.1) is 4.34 Å². The van der Waals surface area contributed by atoms with Crippen LogP contribution >= 0.6 is 22.9 Å². The zero-order valence-corrected chi connectivity index (χ0v) is 11.2. The van der Waals surface area contributed by atoms with Gasteiger partial charge in [-0.2, -0.15) is 0 Å². The summed E-state index contributed by atoms with van der Waals surface area (Å²) in [6.07, 6.45) is 4.36. The molecule has 1 N–H and O–H groups in total. The first kappa shape index (κ1) is 11.1. The van der Waals surface area contributed by atoms with Gasteiger partial charge in [0.25, 0.3) is 0 Å². The fourth-order valence-corrected chi connectivity index (χ4v) is 4.48. The molecular formula is C13H18ClNS. The van der Waals surface area contributed by atoms with Crippen molar-refractivity contribution < 1.29 is 0 Å². The third-order valence-electron chi connectivity index (χ3n) is 4.08. The lowest BCUT2D eigenvalue weighted by Gasteiger charge is -2.24. The number of fused-ring (bicyclic) bond motifs is 1. The van der Waals surface area contributed by atoms with Crippen LogP contribution in [0.4, 0.5) is 0 Å². The molecular weight excluding hydrogens is 238 g/mol. The lowest BCUT2D eigenvalue weighted by Crippen LogP contribution is -2.26. The van der Waals surface area contributed by atoms with Gasteiger partial charge >= 0.3 is 0 Å². The maximum atomic E-state index is 6.04. The van der Waals surface area contributed by atoms with Crippen LogP contribution in [0.25, 0.3) is 0 Å². The van der Waals surface area contributed by atoms with E-state index in [0.717, 1.165) is 28.6 Å². The number of rotatable bonds is 4.